The molecule has 0 radical (unpaired) electrons. The second kappa shape index (κ2) is 16.2. The van der Waals surface area contributed by atoms with Crippen LogP contribution in [0.1, 0.15) is 121 Å². The number of halogens is 1. The molecule has 1 N–H and O–H groups in total. The fourth-order valence-corrected chi connectivity index (χ4v) is 6.13. The maximum atomic E-state index is 13.7. The molecule has 1 spiro atoms. The average molecular weight is 590 g/mol. The van der Waals surface area contributed by atoms with Gasteiger partial charge in [-0.2, -0.15) is 0 Å². The fraction of sp³-hybridized carbons (Fsp3) is 0.667. The summed E-state index contributed by atoms with van der Waals surface area (Å²) in [7, 11) is 2.88. The van der Waals surface area contributed by atoms with Crippen molar-refractivity contribution in [3.63, 3.8) is 0 Å². The molecule has 2 aliphatic rings. The number of carbonyl (C=O) groups is 2. The predicted octanol–water partition coefficient (Wildman–Crippen LogP) is 8.64. The number of allylic oxidation sites excluding steroid dienone is 1. The number of ketones is 2. The van der Waals surface area contributed by atoms with Gasteiger partial charge in [0.15, 0.2) is 17.3 Å². The molecule has 0 amide bonds. The monoisotopic (exact) mass is 589 g/mol. The number of fused-ring (bicyclic) bond motifs is 1. The van der Waals surface area contributed by atoms with Crippen LogP contribution in [0.15, 0.2) is 22.4 Å². The maximum absolute atomic E-state index is 13.7. The summed E-state index contributed by atoms with van der Waals surface area (Å²) in [6.07, 6.45) is 19.3. The van der Waals surface area contributed by atoms with Crippen LogP contribution >= 0.6 is 11.6 Å². The standard InChI is InChI=1S/C33H48ClNO6/c1-5-6-7-8-9-10-11-12-13-14-15-16-17-18-19-35-22-24-25(36)20-23(2)33(31(24)37)32(38)28-26(39-3)21-27(40-4)29(34)30(28)41-33/h21-23,37H,5-20H2,1-4H3. The number of nitrogens with zero attached hydrogens (tertiary/aromatic N) is 1. The number of unbranched alkanes of at least 4 members (excludes halogenated alkanes) is 13. The molecule has 3 rings (SSSR count). The quantitative estimate of drug-likeness (QED) is 0.136. The summed E-state index contributed by atoms with van der Waals surface area (Å²) in [5.74, 6) is -1.22. The van der Waals surface area contributed by atoms with Gasteiger partial charge >= 0.3 is 0 Å². The fourth-order valence-electron chi connectivity index (χ4n) is 5.87. The first-order valence-electron chi connectivity index (χ1n) is 15.5. The minimum atomic E-state index is -1.77. The van der Waals surface area contributed by atoms with Gasteiger partial charge in [-0.05, 0) is 6.42 Å². The summed E-state index contributed by atoms with van der Waals surface area (Å²) in [6, 6.07) is 1.51. The predicted molar refractivity (Wildman–Crippen MR) is 164 cm³/mol. The van der Waals surface area contributed by atoms with E-state index in [4.69, 9.17) is 25.8 Å². The Morgan fingerprint density at radius 2 is 1.49 bits per heavy atom. The van der Waals surface area contributed by atoms with Crippen LogP contribution in [0, 0.1) is 5.92 Å². The Balaban J connectivity index is 1.50. The number of aliphatic imine (C=N–C) groups is 1. The highest BCUT2D eigenvalue weighted by Gasteiger charge is 2.60. The lowest BCUT2D eigenvalue weighted by Gasteiger charge is -2.36. The normalized spacial score (nSPS) is 20.3. The van der Waals surface area contributed by atoms with Crippen molar-refractivity contribution in [2.24, 2.45) is 10.9 Å². The number of carbonyl (C=O) groups excluding carboxylic acids is 2. The van der Waals surface area contributed by atoms with Crippen molar-refractivity contribution in [2.45, 2.75) is 116 Å². The highest BCUT2D eigenvalue weighted by Crippen LogP contribution is 2.54. The molecular weight excluding hydrogens is 542 g/mol. The molecule has 1 aromatic rings. The first-order valence-corrected chi connectivity index (χ1v) is 15.9. The number of Topliss-reactive ketones (excluding diaryl/α,β-unsaturated/α-hetero) is 2. The van der Waals surface area contributed by atoms with Gasteiger partial charge in [-0.3, -0.25) is 14.6 Å². The van der Waals surface area contributed by atoms with E-state index in [0.29, 0.717) is 6.54 Å². The Kier molecular flexibility index (Phi) is 13.0. The van der Waals surface area contributed by atoms with Crippen LogP contribution in [-0.4, -0.2) is 49.3 Å². The Hall–Kier alpha value is -2.54. The minimum Gasteiger partial charge on any atom is -0.507 e. The van der Waals surface area contributed by atoms with Crippen LogP contribution in [0.25, 0.3) is 0 Å². The van der Waals surface area contributed by atoms with Gasteiger partial charge in [0.25, 0.3) is 0 Å². The zero-order chi connectivity index (χ0) is 29.8. The molecule has 0 bridgehead atoms. The lowest BCUT2D eigenvalue weighted by Crippen LogP contribution is -2.52. The molecule has 1 aliphatic carbocycles. The van der Waals surface area contributed by atoms with E-state index in [1.165, 1.54) is 104 Å². The number of rotatable bonds is 18. The van der Waals surface area contributed by atoms with Crippen molar-refractivity contribution >= 4 is 29.4 Å². The Bertz CT molecular complexity index is 1110. The van der Waals surface area contributed by atoms with E-state index in [1.54, 1.807) is 6.92 Å². The molecule has 1 aromatic carbocycles. The van der Waals surface area contributed by atoms with Gasteiger partial charge in [0.1, 0.15) is 22.1 Å². The Morgan fingerprint density at radius 1 is 0.951 bits per heavy atom. The van der Waals surface area contributed by atoms with Crippen molar-refractivity contribution in [3.05, 3.63) is 28.0 Å². The number of benzene rings is 1. The molecule has 0 saturated carbocycles. The number of aliphatic hydroxyl groups excluding tert-OH is 1. The van der Waals surface area contributed by atoms with E-state index in [9.17, 15) is 14.7 Å². The van der Waals surface area contributed by atoms with E-state index >= 15 is 0 Å². The van der Waals surface area contributed by atoms with Crippen LogP contribution in [0.2, 0.25) is 5.02 Å². The Morgan fingerprint density at radius 3 is 2.02 bits per heavy atom. The molecule has 7 nitrogen and oxygen atoms in total. The van der Waals surface area contributed by atoms with E-state index in [2.05, 4.69) is 11.9 Å². The zero-order valence-electron chi connectivity index (χ0n) is 25.4. The van der Waals surface area contributed by atoms with Gasteiger partial charge < -0.3 is 19.3 Å². The highest BCUT2D eigenvalue weighted by molar-refractivity contribution is 6.35. The molecule has 0 saturated heterocycles. The summed E-state index contributed by atoms with van der Waals surface area (Å²) < 4.78 is 16.8. The van der Waals surface area contributed by atoms with Crippen LogP contribution in [-0.2, 0) is 4.79 Å². The SMILES string of the molecule is CCCCCCCCCCCCCCCCN=CC1=C(O)C2(Oc3c(Cl)c(OC)cc(OC)c3C2=O)C(C)CC1=O. The van der Waals surface area contributed by atoms with Gasteiger partial charge in [-0.25, -0.2) is 0 Å². The third-order valence-corrected chi connectivity index (χ3v) is 8.73. The van der Waals surface area contributed by atoms with E-state index in [1.807, 2.05) is 0 Å². The van der Waals surface area contributed by atoms with E-state index in [-0.39, 0.29) is 45.6 Å². The van der Waals surface area contributed by atoms with Crippen molar-refractivity contribution in [1.82, 2.24) is 0 Å². The van der Waals surface area contributed by atoms with E-state index < -0.39 is 23.1 Å². The van der Waals surface area contributed by atoms with Gasteiger partial charge in [0.2, 0.25) is 11.4 Å². The molecule has 0 aromatic heterocycles. The average Bonchev–Trinajstić information content (AvgIpc) is 3.28. The Labute approximate surface area is 250 Å². The molecule has 1 heterocycles. The second-order valence-electron chi connectivity index (χ2n) is 11.4. The molecule has 228 valence electrons. The lowest BCUT2D eigenvalue weighted by molar-refractivity contribution is -0.118. The van der Waals surface area contributed by atoms with E-state index in [0.717, 1.165) is 12.8 Å². The summed E-state index contributed by atoms with van der Waals surface area (Å²) >= 11 is 6.47. The zero-order valence-corrected chi connectivity index (χ0v) is 26.1. The summed E-state index contributed by atoms with van der Waals surface area (Å²) in [4.78, 5) is 31.0. The van der Waals surface area contributed by atoms with Gasteiger partial charge in [0.05, 0.1) is 19.8 Å². The molecule has 2 atom stereocenters. The number of ether oxygens (including phenoxy) is 3. The molecule has 0 fully saturated rings. The largest absolute Gasteiger partial charge is 0.507 e. The molecule has 8 heteroatoms. The summed E-state index contributed by atoms with van der Waals surface area (Å²) in [5.41, 5.74) is -1.63. The third-order valence-electron chi connectivity index (χ3n) is 8.37. The number of hydrogen-bond acceptors (Lipinski definition) is 7. The molecular formula is C33H48ClNO6. The molecule has 1 aliphatic heterocycles. The maximum Gasteiger partial charge on any atom is 0.231 e. The first kappa shape index (κ1) is 33.0. The van der Waals surface area contributed by atoms with Gasteiger partial charge in [0, 0.05) is 31.2 Å². The number of aliphatic hydroxyl groups is 1. The van der Waals surface area contributed by atoms with Crippen molar-refractivity contribution in [2.75, 3.05) is 20.8 Å². The van der Waals surface area contributed by atoms with Gasteiger partial charge in [-0.1, -0.05) is 109 Å². The summed E-state index contributed by atoms with van der Waals surface area (Å²) in [6.45, 7) is 4.52. The van der Waals surface area contributed by atoms with Crippen LogP contribution in [0.4, 0.5) is 0 Å². The molecule has 2 unspecified atom stereocenters. The summed E-state index contributed by atoms with van der Waals surface area (Å²) in [5, 5.41) is 11.4. The van der Waals surface area contributed by atoms with Crippen LogP contribution < -0.4 is 14.2 Å². The lowest BCUT2D eigenvalue weighted by atomic mass is 9.73. The number of hydrogen-bond donors (Lipinski definition) is 1. The van der Waals surface area contributed by atoms with Crippen molar-refractivity contribution in [3.8, 4) is 17.2 Å². The van der Waals surface area contributed by atoms with Crippen molar-refractivity contribution < 1.29 is 28.9 Å². The third kappa shape index (κ3) is 7.65. The number of methoxy groups -OCH3 is 2. The van der Waals surface area contributed by atoms with Gasteiger partial charge in [-0.15, -0.1) is 0 Å². The first-order chi connectivity index (χ1) is 19.8. The van der Waals surface area contributed by atoms with Crippen LogP contribution in [0.5, 0.6) is 17.2 Å². The highest BCUT2D eigenvalue weighted by atomic mass is 35.5. The topological polar surface area (TPSA) is 94.4 Å². The smallest absolute Gasteiger partial charge is 0.231 e. The minimum absolute atomic E-state index is 0.0108. The van der Waals surface area contributed by atoms with Crippen molar-refractivity contribution in [1.29, 1.82) is 0 Å². The van der Waals surface area contributed by atoms with Crippen LogP contribution in [0.3, 0.4) is 0 Å². The second-order valence-corrected chi connectivity index (χ2v) is 11.8. The molecule has 41 heavy (non-hydrogen) atoms.